The van der Waals surface area contributed by atoms with E-state index in [1.165, 1.54) is 7.11 Å². The Hall–Kier alpha value is -0.280. The standard InChI is InChI=1S/C10H15ClO3/c1-8(2)5-4-6-9(8)10(11,14-9)7(12)13-3/h4-6H2,1-3H3. The molecular formula is C10H15ClO3. The average molecular weight is 219 g/mol. The van der Waals surface area contributed by atoms with Crippen LogP contribution >= 0.6 is 11.6 Å². The third-order valence-electron chi connectivity index (χ3n) is 3.66. The molecule has 2 rings (SSSR count). The molecule has 1 saturated carbocycles. The Kier molecular flexibility index (Phi) is 1.93. The van der Waals surface area contributed by atoms with Gasteiger partial charge in [0.1, 0.15) is 5.60 Å². The van der Waals surface area contributed by atoms with E-state index in [2.05, 4.69) is 18.6 Å². The molecule has 0 N–H and O–H groups in total. The van der Waals surface area contributed by atoms with E-state index in [0.29, 0.717) is 0 Å². The smallest absolute Gasteiger partial charge is 0.357 e. The Morgan fingerprint density at radius 3 is 2.50 bits per heavy atom. The Morgan fingerprint density at radius 1 is 1.43 bits per heavy atom. The summed E-state index contributed by atoms with van der Waals surface area (Å²) in [6.07, 6.45) is 2.94. The van der Waals surface area contributed by atoms with E-state index in [-0.39, 0.29) is 5.41 Å². The maximum Gasteiger partial charge on any atom is 0.357 e. The molecule has 0 bridgehead atoms. The molecule has 1 saturated heterocycles. The van der Waals surface area contributed by atoms with Crippen LogP contribution in [-0.4, -0.2) is 23.7 Å². The molecule has 2 fully saturated rings. The van der Waals surface area contributed by atoms with Crippen molar-refractivity contribution in [2.75, 3.05) is 7.11 Å². The van der Waals surface area contributed by atoms with Gasteiger partial charge in [-0.1, -0.05) is 25.4 Å². The minimum Gasteiger partial charge on any atom is -0.466 e. The van der Waals surface area contributed by atoms with Crippen molar-refractivity contribution < 1.29 is 14.3 Å². The molecule has 2 aliphatic rings. The molecule has 3 nitrogen and oxygen atoms in total. The molecule has 80 valence electrons. The van der Waals surface area contributed by atoms with E-state index in [9.17, 15) is 4.79 Å². The zero-order valence-electron chi connectivity index (χ0n) is 8.72. The largest absolute Gasteiger partial charge is 0.466 e. The summed E-state index contributed by atoms with van der Waals surface area (Å²) in [7, 11) is 1.34. The van der Waals surface area contributed by atoms with Gasteiger partial charge in [0.2, 0.25) is 0 Å². The zero-order chi connectivity index (χ0) is 10.6. The highest BCUT2D eigenvalue weighted by atomic mass is 35.5. The van der Waals surface area contributed by atoms with Crippen LogP contribution in [0.3, 0.4) is 0 Å². The van der Waals surface area contributed by atoms with Crippen LogP contribution in [0.25, 0.3) is 0 Å². The quantitative estimate of drug-likeness (QED) is 0.384. The number of alkyl halides is 1. The van der Waals surface area contributed by atoms with Crippen LogP contribution in [0, 0.1) is 5.41 Å². The lowest BCUT2D eigenvalue weighted by Gasteiger charge is -2.24. The maximum absolute atomic E-state index is 11.5. The molecule has 0 aromatic carbocycles. The Labute approximate surface area is 88.7 Å². The van der Waals surface area contributed by atoms with Gasteiger partial charge in [-0.2, -0.15) is 0 Å². The Morgan fingerprint density at radius 2 is 2.07 bits per heavy atom. The number of methoxy groups -OCH3 is 1. The second-order valence-electron chi connectivity index (χ2n) is 4.75. The van der Waals surface area contributed by atoms with Gasteiger partial charge < -0.3 is 9.47 Å². The van der Waals surface area contributed by atoms with Crippen molar-refractivity contribution in [2.24, 2.45) is 5.41 Å². The van der Waals surface area contributed by atoms with Crippen LogP contribution in [-0.2, 0) is 14.3 Å². The lowest BCUT2D eigenvalue weighted by atomic mass is 9.79. The predicted molar refractivity (Wildman–Crippen MR) is 52.0 cm³/mol. The van der Waals surface area contributed by atoms with Crippen molar-refractivity contribution in [3.63, 3.8) is 0 Å². The highest BCUT2D eigenvalue weighted by Gasteiger charge is 2.81. The van der Waals surface area contributed by atoms with E-state index in [1.54, 1.807) is 0 Å². The molecule has 2 unspecified atom stereocenters. The Balaban J connectivity index is 2.27. The normalized spacial score (nSPS) is 44.0. The SMILES string of the molecule is COC(=O)C1(Cl)OC12CCCC2(C)C. The first-order valence-electron chi connectivity index (χ1n) is 4.87. The minimum atomic E-state index is -1.22. The number of epoxide rings is 1. The lowest BCUT2D eigenvalue weighted by molar-refractivity contribution is -0.143. The summed E-state index contributed by atoms with van der Waals surface area (Å²) < 4.78 is 10.2. The van der Waals surface area contributed by atoms with Gasteiger partial charge in [0.15, 0.2) is 0 Å². The first kappa shape index (κ1) is 10.2. The van der Waals surface area contributed by atoms with Crippen LogP contribution in [0.2, 0.25) is 0 Å². The van der Waals surface area contributed by atoms with Crippen molar-refractivity contribution >= 4 is 17.6 Å². The fourth-order valence-corrected chi connectivity index (χ4v) is 3.22. The number of carbonyl (C=O) groups excluding carboxylic acids is 1. The van der Waals surface area contributed by atoms with E-state index < -0.39 is 16.6 Å². The second kappa shape index (κ2) is 2.64. The van der Waals surface area contributed by atoms with Crippen LogP contribution in [0.1, 0.15) is 33.1 Å². The molecule has 0 radical (unpaired) electrons. The number of rotatable bonds is 1. The van der Waals surface area contributed by atoms with Gasteiger partial charge in [-0.15, -0.1) is 0 Å². The van der Waals surface area contributed by atoms with Crippen LogP contribution < -0.4 is 0 Å². The van der Waals surface area contributed by atoms with Crippen molar-refractivity contribution in [3.05, 3.63) is 0 Å². The first-order valence-corrected chi connectivity index (χ1v) is 5.25. The van der Waals surface area contributed by atoms with Gasteiger partial charge in [0.05, 0.1) is 7.11 Å². The van der Waals surface area contributed by atoms with E-state index in [0.717, 1.165) is 19.3 Å². The predicted octanol–water partition coefficient (Wildman–Crippen LogP) is 2.07. The number of esters is 1. The third-order valence-corrected chi connectivity index (χ3v) is 4.20. The molecule has 1 heterocycles. The molecule has 0 aromatic rings. The highest BCUT2D eigenvalue weighted by Crippen LogP contribution is 2.68. The summed E-state index contributed by atoms with van der Waals surface area (Å²) >= 11 is 6.15. The van der Waals surface area contributed by atoms with Gasteiger partial charge in [-0.25, -0.2) is 4.79 Å². The van der Waals surface area contributed by atoms with Gasteiger partial charge in [-0.3, -0.25) is 0 Å². The number of hydrogen-bond acceptors (Lipinski definition) is 3. The molecule has 1 spiro atoms. The zero-order valence-corrected chi connectivity index (χ0v) is 9.48. The van der Waals surface area contributed by atoms with E-state index in [4.69, 9.17) is 16.3 Å². The molecule has 1 aliphatic carbocycles. The highest BCUT2D eigenvalue weighted by molar-refractivity contribution is 6.36. The molecule has 2 atom stereocenters. The summed E-state index contributed by atoms with van der Waals surface area (Å²) in [5, 5.41) is -1.22. The lowest BCUT2D eigenvalue weighted by Crippen LogP contribution is -2.37. The van der Waals surface area contributed by atoms with Crippen LogP contribution in [0.4, 0.5) is 0 Å². The molecule has 4 heteroatoms. The summed E-state index contributed by atoms with van der Waals surface area (Å²) in [4.78, 5) is 11.5. The summed E-state index contributed by atoms with van der Waals surface area (Å²) in [6.45, 7) is 4.18. The van der Waals surface area contributed by atoms with Crippen molar-refractivity contribution in [1.29, 1.82) is 0 Å². The fraction of sp³-hybridized carbons (Fsp3) is 0.900. The van der Waals surface area contributed by atoms with Crippen molar-refractivity contribution in [1.82, 2.24) is 0 Å². The van der Waals surface area contributed by atoms with Crippen LogP contribution in [0.15, 0.2) is 0 Å². The van der Waals surface area contributed by atoms with Gasteiger partial charge in [0, 0.05) is 0 Å². The molecule has 0 amide bonds. The van der Waals surface area contributed by atoms with E-state index >= 15 is 0 Å². The maximum atomic E-state index is 11.5. The number of carbonyl (C=O) groups is 1. The van der Waals surface area contributed by atoms with Crippen molar-refractivity contribution in [3.8, 4) is 0 Å². The fourth-order valence-electron chi connectivity index (χ4n) is 2.66. The number of halogens is 1. The molecule has 1 aliphatic heterocycles. The number of hydrogen-bond donors (Lipinski definition) is 0. The average Bonchev–Trinajstić information content (AvgIpc) is 2.62. The van der Waals surface area contributed by atoms with Gasteiger partial charge in [-0.05, 0) is 24.7 Å². The Bertz CT molecular complexity index is 289. The molecule has 14 heavy (non-hydrogen) atoms. The molecule has 0 aromatic heterocycles. The third kappa shape index (κ3) is 0.947. The summed E-state index contributed by atoms with van der Waals surface area (Å²) in [5.74, 6) is -0.464. The van der Waals surface area contributed by atoms with Crippen molar-refractivity contribution in [2.45, 2.75) is 43.8 Å². The topological polar surface area (TPSA) is 38.8 Å². The van der Waals surface area contributed by atoms with Gasteiger partial charge >= 0.3 is 5.97 Å². The molecular weight excluding hydrogens is 204 g/mol. The second-order valence-corrected chi connectivity index (χ2v) is 5.29. The first-order chi connectivity index (χ1) is 6.40. The van der Waals surface area contributed by atoms with E-state index in [1.807, 2.05) is 0 Å². The monoisotopic (exact) mass is 218 g/mol. The van der Waals surface area contributed by atoms with Crippen LogP contribution in [0.5, 0.6) is 0 Å². The minimum absolute atomic E-state index is 0.0388. The summed E-state index contributed by atoms with van der Waals surface area (Å²) in [5.41, 5.74) is -0.530. The number of ether oxygens (including phenoxy) is 2. The summed E-state index contributed by atoms with van der Waals surface area (Å²) in [6, 6.07) is 0. The van der Waals surface area contributed by atoms with Gasteiger partial charge in [0.25, 0.3) is 5.06 Å².